The minimum Gasteiger partial charge on any atom is -0.319 e. The normalized spacial score (nSPS) is 10.4. The van der Waals surface area contributed by atoms with Crippen molar-refractivity contribution in [2.75, 3.05) is 5.32 Å². The van der Waals surface area contributed by atoms with Crippen LogP contribution >= 0.6 is 0 Å². The van der Waals surface area contributed by atoms with Crippen molar-refractivity contribution in [1.82, 2.24) is 15.0 Å². The van der Waals surface area contributed by atoms with Crippen LogP contribution in [0.3, 0.4) is 0 Å². The topological polar surface area (TPSA) is 67.8 Å². The van der Waals surface area contributed by atoms with E-state index >= 15 is 0 Å². The molecule has 1 amide bonds. The van der Waals surface area contributed by atoms with Gasteiger partial charge in [0.2, 0.25) is 5.95 Å². The van der Waals surface area contributed by atoms with Crippen molar-refractivity contribution in [3.05, 3.63) is 60.4 Å². The van der Waals surface area contributed by atoms with Crippen LogP contribution in [0, 0.1) is 5.95 Å². The number of carbonyl (C=O) groups excluding carboxylic acids is 1. The number of aromatic nitrogens is 3. The van der Waals surface area contributed by atoms with Gasteiger partial charge in [0.15, 0.2) is 0 Å². The maximum atomic E-state index is 12.7. The second-order valence-corrected chi connectivity index (χ2v) is 4.07. The van der Waals surface area contributed by atoms with Gasteiger partial charge in [-0.1, -0.05) is 12.1 Å². The van der Waals surface area contributed by atoms with Crippen LogP contribution in [0.2, 0.25) is 0 Å². The van der Waals surface area contributed by atoms with E-state index in [1.807, 2.05) is 18.2 Å². The van der Waals surface area contributed by atoms with Crippen molar-refractivity contribution in [2.24, 2.45) is 0 Å². The summed E-state index contributed by atoms with van der Waals surface area (Å²) in [7, 11) is 0. The van der Waals surface area contributed by atoms with E-state index in [1.54, 1.807) is 6.07 Å². The number of hydrogen-bond acceptors (Lipinski definition) is 4. The van der Waals surface area contributed by atoms with Gasteiger partial charge in [0.05, 0.1) is 29.1 Å². The minimum absolute atomic E-state index is 0.188. The molecule has 20 heavy (non-hydrogen) atoms. The van der Waals surface area contributed by atoms with Crippen LogP contribution < -0.4 is 5.32 Å². The molecule has 0 spiro atoms. The van der Waals surface area contributed by atoms with Crippen LogP contribution in [0.4, 0.5) is 10.1 Å². The minimum atomic E-state index is -0.603. The Morgan fingerprint density at radius 3 is 2.55 bits per heavy atom. The molecule has 3 aromatic rings. The Hall–Kier alpha value is -2.89. The summed E-state index contributed by atoms with van der Waals surface area (Å²) in [6, 6.07) is 9.85. The summed E-state index contributed by atoms with van der Waals surface area (Å²) in [5.41, 5.74) is 1.93. The third-order valence-electron chi connectivity index (χ3n) is 2.67. The second-order valence-electron chi connectivity index (χ2n) is 4.07. The summed E-state index contributed by atoms with van der Waals surface area (Å²) < 4.78 is 12.7. The fourth-order valence-electron chi connectivity index (χ4n) is 1.71. The lowest BCUT2D eigenvalue weighted by Gasteiger charge is -2.04. The maximum Gasteiger partial charge on any atom is 0.275 e. The Morgan fingerprint density at radius 1 is 1.00 bits per heavy atom. The number of carbonyl (C=O) groups is 1. The van der Waals surface area contributed by atoms with Gasteiger partial charge in [-0.25, -0.2) is 9.97 Å². The quantitative estimate of drug-likeness (QED) is 0.725. The number of rotatable bonds is 2. The Balaban J connectivity index is 1.86. The van der Waals surface area contributed by atoms with Crippen LogP contribution in [0.25, 0.3) is 11.0 Å². The van der Waals surface area contributed by atoms with Gasteiger partial charge in [-0.15, -0.1) is 0 Å². The van der Waals surface area contributed by atoms with Crippen molar-refractivity contribution in [2.45, 2.75) is 0 Å². The van der Waals surface area contributed by atoms with E-state index in [0.717, 1.165) is 0 Å². The Kier molecular flexibility index (Phi) is 3.04. The molecule has 1 N–H and O–H groups in total. The number of nitrogens with zero attached hydrogens (tertiary/aromatic N) is 3. The Labute approximate surface area is 113 Å². The molecular weight excluding hydrogens is 259 g/mol. The van der Waals surface area contributed by atoms with Crippen LogP contribution in [0.1, 0.15) is 10.5 Å². The molecule has 0 atom stereocenters. The zero-order chi connectivity index (χ0) is 13.9. The molecule has 2 heterocycles. The van der Waals surface area contributed by atoms with Crippen molar-refractivity contribution in [3.63, 3.8) is 0 Å². The molecule has 0 bridgehead atoms. The molecular formula is C14H9FN4O. The van der Waals surface area contributed by atoms with E-state index in [9.17, 15) is 9.18 Å². The number of hydrogen-bond donors (Lipinski definition) is 1. The van der Waals surface area contributed by atoms with E-state index in [0.29, 0.717) is 16.7 Å². The van der Waals surface area contributed by atoms with E-state index in [4.69, 9.17) is 0 Å². The monoisotopic (exact) mass is 268 g/mol. The predicted octanol–water partition coefficient (Wildman–Crippen LogP) is 2.42. The Bertz CT molecular complexity index is 773. The van der Waals surface area contributed by atoms with E-state index in [2.05, 4.69) is 20.3 Å². The fraction of sp³-hybridized carbons (Fsp3) is 0. The molecule has 0 radical (unpaired) electrons. The highest BCUT2D eigenvalue weighted by Crippen LogP contribution is 2.11. The number of fused-ring (bicyclic) bond motifs is 1. The molecule has 1 aromatic carbocycles. The summed E-state index contributed by atoms with van der Waals surface area (Å²) in [4.78, 5) is 23.8. The number of amides is 1. The summed E-state index contributed by atoms with van der Waals surface area (Å²) in [6.07, 6.45) is 2.64. The summed E-state index contributed by atoms with van der Waals surface area (Å²) in [5, 5.41) is 2.58. The molecule has 0 aliphatic heterocycles. The fourth-order valence-corrected chi connectivity index (χ4v) is 1.71. The summed E-state index contributed by atoms with van der Waals surface area (Å²) in [6.45, 7) is 0. The first-order valence-corrected chi connectivity index (χ1v) is 5.87. The lowest BCUT2D eigenvalue weighted by molar-refractivity contribution is 0.102. The number of para-hydroxylation sites is 2. The first-order valence-electron chi connectivity index (χ1n) is 5.87. The molecule has 0 unspecified atom stereocenters. The first-order chi connectivity index (χ1) is 9.72. The molecule has 3 rings (SSSR count). The van der Waals surface area contributed by atoms with Gasteiger partial charge >= 0.3 is 0 Å². The molecule has 2 aromatic heterocycles. The first kappa shape index (κ1) is 12.2. The van der Waals surface area contributed by atoms with E-state index in [-0.39, 0.29) is 5.69 Å². The van der Waals surface area contributed by atoms with Crippen molar-refractivity contribution >= 4 is 22.6 Å². The molecule has 0 aliphatic rings. The van der Waals surface area contributed by atoms with Crippen LogP contribution in [0.5, 0.6) is 0 Å². The number of pyridine rings is 1. The number of anilines is 1. The zero-order valence-corrected chi connectivity index (χ0v) is 10.2. The molecule has 0 fully saturated rings. The number of nitrogens with one attached hydrogen (secondary N) is 1. The molecule has 0 saturated heterocycles. The average Bonchev–Trinajstić information content (AvgIpc) is 2.49. The SMILES string of the molecule is O=C(Nc1ccc(F)nc1)c1cnc2ccccc2n1. The third-order valence-corrected chi connectivity index (χ3v) is 2.67. The molecule has 98 valence electrons. The van der Waals surface area contributed by atoms with Crippen molar-refractivity contribution < 1.29 is 9.18 Å². The van der Waals surface area contributed by atoms with Gasteiger partial charge in [-0.2, -0.15) is 4.39 Å². The second kappa shape index (κ2) is 5.00. The van der Waals surface area contributed by atoms with Crippen molar-refractivity contribution in [1.29, 1.82) is 0 Å². The molecule has 5 nitrogen and oxygen atoms in total. The molecule has 6 heteroatoms. The van der Waals surface area contributed by atoms with Gasteiger partial charge < -0.3 is 5.32 Å². The Morgan fingerprint density at radius 2 is 1.80 bits per heavy atom. The van der Waals surface area contributed by atoms with Crippen molar-refractivity contribution in [3.8, 4) is 0 Å². The standard InChI is InChI=1S/C14H9FN4O/c15-13-6-5-9(7-17-13)18-14(20)12-8-16-10-3-1-2-4-11(10)19-12/h1-8H,(H,18,20). The highest BCUT2D eigenvalue weighted by atomic mass is 19.1. The molecule has 0 saturated carbocycles. The van der Waals surface area contributed by atoms with Crippen LogP contribution in [-0.2, 0) is 0 Å². The lowest BCUT2D eigenvalue weighted by atomic mass is 10.3. The van der Waals surface area contributed by atoms with Gasteiger partial charge in [0.25, 0.3) is 5.91 Å². The molecule has 0 aliphatic carbocycles. The van der Waals surface area contributed by atoms with Crippen LogP contribution in [0.15, 0.2) is 48.8 Å². The van der Waals surface area contributed by atoms with E-state index < -0.39 is 11.9 Å². The largest absolute Gasteiger partial charge is 0.319 e. The van der Waals surface area contributed by atoms with Gasteiger partial charge in [0, 0.05) is 0 Å². The zero-order valence-electron chi connectivity index (χ0n) is 10.2. The van der Waals surface area contributed by atoms with Gasteiger partial charge in [0.1, 0.15) is 5.69 Å². The summed E-state index contributed by atoms with van der Waals surface area (Å²) >= 11 is 0. The lowest BCUT2D eigenvalue weighted by Crippen LogP contribution is -2.14. The maximum absolute atomic E-state index is 12.7. The van der Waals surface area contributed by atoms with E-state index in [1.165, 1.54) is 24.5 Å². The smallest absolute Gasteiger partial charge is 0.275 e. The van der Waals surface area contributed by atoms with Gasteiger partial charge in [-0.3, -0.25) is 9.78 Å². The highest BCUT2D eigenvalue weighted by molar-refractivity contribution is 6.03. The van der Waals surface area contributed by atoms with Gasteiger partial charge in [-0.05, 0) is 24.3 Å². The third kappa shape index (κ3) is 2.44. The predicted molar refractivity (Wildman–Crippen MR) is 71.7 cm³/mol. The number of benzene rings is 1. The average molecular weight is 268 g/mol. The summed E-state index contributed by atoms with van der Waals surface area (Å²) in [5.74, 6) is -1.02. The van der Waals surface area contributed by atoms with Crippen LogP contribution in [-0.4, -0.2) is 20.9 Å². The number of halogens is 1. The highest BCUT2D eigenvalue weighted by Gasteiger charge is 2.09.